The van der Waals surface area contributed by atoms with Gasteiger partial charge in [-0.15, -0.1) is 0 Å². The number of hydrogen-bond donors (Lipinski definition) is 1. The average Bonchev–Trinajstić information content (AvgIpc) is 2.79. The molecule has 0 aromatic carbocycles. The van der Waals surface area contributed by atoms with E-state index < -0.39 is 11.5 Å². The smallest absolute Gasteiger partial charge is 0.235 e. The van der Waals surface area contributed by atoms with E-state index in [1.807, 2.05) is 13.0 Å². The lowest BCUT2D eigenvalue weighted by Gasteiger charge is -2.58. The van der Waals surface area contributed by atoms with Gasteiger partial charge in [0.1, 0.15) is 0 Å². The number of fused-ring (bicyclic) bond motifs is 5. The maximum Gasteiger partial charge on any atom is 0.235 e. The van der Waals surface area contributed by atoms with Crippen LogP contribution >= 0.6 is 0 Å². The van der Waals surface area contributed by atoms with Gasteiger partial charge in [0.25, 0.3) is 0 Å². The second kappa shape index (κ2) is 5.26. The van der Waals surface area contributed by atoms with Crippen LogP contribution < -0.4 is 0 Å². The van der Waals surface area contributed by atoms with Crippen LogP contribution in [0, 0.1) is 28.6 Å². The van der Waals surface area contributed by atoms with Gasteiger partial charge >= 0.3 is 0 Å². The van der Waals surface area contributed by atoms with E-state index in [0.29, 0.717) is 19.4 Å². The van der Waals surface area contributed by atoms with E-state index in [9.17, 15) is 19.5 Å². The van der Waals surface area contributed by atoms with Crippen molar-refractivity contribution in [3.63, 3.8) is 0 Å². The molecule has 0 radical (unpaired) electrons. The van der Waals surface area contributed by atoms with Crippen molar-refractivity contribution in [3.8, 4) is 0 Å². The molecule has 0 aromatic rings. The summed E-state index contributed by atoms with van der Waals surface area (Å²) in [5.41, 5.74) is 0.374. The maximum absolute atomic E-state index is 12.9. The number of ketones is 1. The number of rotatable bonds is 0. The molecule has 3 aliphatic carbocycles. The van der Waals surface area contributed by atoms with E-state index in [2.05, 4.69) is 6.92 Å². The van der Waals surface area contributed by atoms with E-state index in [4.69, 9.17) is 0 Å². The summed E-state index contributed by atoms with van der Waals surface area (Å²) in [5.74, 6) is 0.272. The number of imide groups is 1. The van der Waals surface area contributed by atoms with Gasteiger partial charge in [-0.25, -0.2) is 0 Å². The molecule has 2 amide bonds. The lowest BCUT2D eigenvalue weighted by Crippen LogP contribution is -2.57. The lowest BCUT2D eigenvalue weighted by atomic mass is 9.46. The second-order valence-electron chi connectivity index (χ2n) is 9.01. The van der Waals surface area contributed by atoms with Crippen LogP contribution in [0.4, 0.5) is 0 Å². The monoisotopic (exact) mass is 345 g/mol. The van der Waals surface area contributed by atoms with Gasteiger partial charge in [-0.3, -0.25) is 19.3 Å². The Balaban J connectivity index is 1.74. The summed E-state index contributed by atoms with van der Waals surface area (Å²) in [7, 11) is 0. The van der Waals surface area contributed by atoms with Crippen molar-refractivity contribution in [2.45, 2.75) is 59.0 Å². The molecule has 6 atom stereocenters. The first-order chi connectivity index (χ1) is 11.7. The Morgan fingerprint density at radius 3 is 2.64 bits per heavy atom. The SMILES string of the molecule is CC(=O)N1CC2C3CCC4=CC(=O)CC[C@]4(C)C3[C@@H](O)C[C@]2(C)C1=O. The Hall–Kier alpha value is -1.49. The second-order valence-corrected chi connectivity index (χ2v) is 9.01. The van der Waals surface area contributed by atoms with Crippen molar-refractivity contribution >= 4 is 17.6 Å². The Kier molecular flexibility index (Phi) is 3.56. The van der Waals surface area contributed by atoms with Gasteiger partial charge < -0.3 is 5.11 Å². The zero-order valence-electron chi connectivity index (χ0n) is 15.2. The van der Waals surface area contributed by atoms with Crippen molar-refractivity contribution in [3.05, 3.63) is 11.6 Å². The van der Waals surface area contributed by atoms with E-state index in [0.717, 1.165) is 19.3 Å². The zero-order chi connectivity index (χ0) is 18.1. The summed E-state index contributed by atoms with van der Waals surface area (Å²) in [6.45, 7) is 6.04. The molecule has 2 saturated carbocycles. The molecule has 0 bridgehead atoms. The molecule has 5 nitrogen and oxygen atoms in total. The number of aliphatic hydroxyl groups excluding tert-OH is 1. The molecule has 136 valence electrons. The molecule has 5 heteroatoms. The topological polar surface area (TPSA) is 74.7 Å². The predicted molar refractivity (Wildman–Crippen MR) is 91.3 cm³/mol. The van der Waals surface area contributed by atoms with Gasteiger partial charge in [0.05, 0.1) is 11.5 Å². The number of carbonyl (C=O) groups excluding carboxylic acids is 3. The Morgan fingerprint density at radius 2 is 1.96 bits per heavy atom. The van der Waals surface area contributed by atoms with Gasteiger partial charge in [0, 0.05) is 19.9 Å². The molecular formula is C20H27NO4. The van der Waals surface area contributed by atoms with Crippen LogP contribution in [0.5, 0.6) is 0 Å². The number of carbonyl (C=O) groups is 3. The molecule has 1 N–H and O–H groups in total. The first-order valence-electron chi connectivity index (χ1n) is 9.43. The standard InChI is InChI=1S/C20H27NO4/c1-11(22)21-10-15-14-5-4-12-8-13(23)6-7-19(12,2)17(14)16(24)9-20(15,3)18(21)25/h8,14-17,24H,4-7,9-10H2,1-3H3/t14?,15?,16-,17?,19-,20-/m0/s1. The van der Waals surface area contributed by atoms with Crippen molar-refractivity contribution in [2.75, 3.05) is 6.54 Å². The van der Waals surface area contributed by atoms with E-state index in [-0.39, 0.29) is 40.8 Å². The molecular weight excluding hydrogens is 318 g/mol. The van der Waals surface area contributed by atoms with Gasteiger partial charge in [0.15, 0.2) is 5.78 Å². The molecule has 1 aliphatic heterocycles. The van der Waals surface area contributed by atoms with Crippen molar-refractivity contribution < 1.29 is 19.5 Å². The molecule has 25 heavy (non-hydrogen) atoms. The van der Waals surface area contributed by atoms with Crippen LogP contribution in [0.15, 0.2) is 11.6 Å². The Morgan fingerprint density at radius 1 is 1.24 bits per heavy atom. The number of amides is 2. The van der Waals surface area contributed by atoms with Crippen molar-refractivity contribution in [1.29, 1.82) is 0 Å². The number of nitrogens with zero attached hydrogens (tertiary/aromatic N) is 1. The van der Waals surface area contributed by atoms with Crippen LogP contribution in [0.1, 0.15) is 52.9 Å². The van der Waals surface area contributed by atoms with E-state index in [1.165, 1.54) is 17.4 Å². The van der Waals surface area contributed by atoms with Crippen LogP contribution in [0.2, 0.25) is 0 Å². The highest BCUT2D eigenvalue weighted by atomic mass is 16.3. The molecule has 3 fully saturated rings. The maximum atomic E-state index is 12.9. The highest BCUT2D eigenvalue weighted by Crippen LogP contribution is 2.63. The fourth-order valence-corrected chi connectivity index (χ4v) is 6.48. The normalized spacial score (nSPS) is 46.2. The highest BCUT2D eigenvalue weighted by Gasteiger charge is 2.64. The predicted octanol–water partition coefficient (Wildman–Crippen LogP) is 2.08. The molecule has 1 saturated heterocycles. The minimum absolute atomic E-state index is 0.0679. The highest BCUT2D eigenvalue weighted by molar-refractivity contribution is 5.99. The number of likely N-dealkylation sites (tertiary alicyclic amines) is 1. The molecule has 3 unspecified atom stereocenters. The molecule has 1 heterocycles. The summed E-state index contributed by atoms with van der Waals surface area (Å²) in [6.07, 6.45) is 4.72. The minimum atomic E-state index is -0.645. The Labute approximate surface area is 148 Å². The molecule has 4 rings (SSSR count). The van der Waals surface area contributed by atoms with Crippen LogP contribution in [0.25, 0.3) is 0 Å². The number of aliphatic hydroxyl groups is 1. The molecule has 4 aliphatic rings. The summed E-state index contributed by atoms with van der Waals surface area (Å²) < 4.78 is 0. The number of hydrogen-bond acceptors (Lipinski definition) is 4. The van der Waals surface area contributed by atoms with Gasteiger partial charge in [-0.05, 0) is 54.9 Å². The first kappa shape index (κ1) is 17.0. The largest absolute Gasteiger partial charge is 0.393 e. The zero-order valence-corrected chi connectivity index (χ0v) is 15.2. The number of allylic oxidation sites excluding steroid dienone is 2. The third-order valence-electron chi connectivity index (χ3n) is 7.78. The van der Waals surface area contributed by atoms with Crippen LogP contribution in [0.3, 0.4) is 0 Å². The molecule has 0 spiro atoms. The third kappa shape index (κ3) is 2.14. The van der Waals surface area contributed by atoms with Crippen LogP contribution in [-0.2, 0) is 14.4 Å². The Bertz CT molecular complexity index is 698. The fraction of sp³-hybridized carbons (Fsp3) is 0.750. The van der Waals surface area contributed by atoms with Gasteiger partial charge in [0.2, 0.25) is 11.8 Å². The molecule has 0 aromatic heterocycles. The van der Waals surface area contributed by atoms with Crippen LogP contribution in [-0.4, -0.2) is 40.3 Å². The van der Waals surface area contributed by atoms with Crippen molar-refractivity contribution in [2.24, 2.45) is 28.6 Å². The summed E-state index contributed by atoms with van der Waals surface area (Å²) in [4.78, 5) is 38.0. The van der Waals surface area contributed by atoms with Gasteiger partial charge in [-0.2, -0.15) is 0 Å². The van der Waals surface area contributed by atoms with Crippen molar-refractivity contribution in [1.82, 2.24) is 4.90 Å². The summed E-state index contributed by atoms with van der Waals surface area (Å²) in [6, 6.07) is 0. The summed E-state index contributed by atoms with van der Waals surface area (Å²) in [5, 5.41) is 11.1. The lowest BCUT2D eigenvalue weighted by molar-refractivity contribution is -0.153. The van der Waals surface area contributed by atoms with E-state index >= 15 is 0 Å². The quantitative estimate of drug-likeness (QED) is 0.729. The summed E-state index contributed by atoms with van der Waals surface area (Å²) >= 11 is 0. The average molecular weight is 345 g/mol. The third-order valence-corrected chi connectivity index (χ3v) is 7.78. The fourth-order valence-electron chi connectivity index (χ4n) is 6.48. The minimum Gasteiger partial charge on any atom is -0.393 e. The van der Waals surface area contributed by atoms with Gasteiger partial charge in [-0.1, -0.05) is 19.4 Å². The first-order valence-corrected chi connectivity index (χ1v) is 9.43. The van der Waals surface area contributed by atoms with E-state index in [1.54, 1.807) is 0 Å².